The molecule has 22 heavy (non-hydrogen) atoms. The molecule has 0 unspecified atom stereocenters. The SMILES string of the molecule is O=C(Nc1ccn[nH]1)c1csc(-c2ccc3c(c2)OCO3)n1. The number of ether oxygens (including phenoxy) is 2. The summed E-state index contributed by atoms with van der Waals surface area (Å²) in [7, 11) is 0. The topological polar surface area (TPSA) is 89.1 Å². The zero-order valence-electron chi connectivity index (χ0n) is 11.2. The molecule has 2 aromatic heterocycles. The van der Waals surface area contributed by atoms with Gasteiger partial charge in [-0.15, -0.1) is 11.3 Å². The Morgan fingerprint density at radius 2 is 2.18 bits per heavy atom. The van der Waals surface area contributed by atoms with Crippen LogP contribution in [0.2, 0.25) is 0 Å². The zero-order valence-corrected chi connectivity index (χ0v) is 12.0. The fourth-order valence-electron chi connectivity index (χ4n) is 2.05. The molecule has 0 bridgehead atoms. The minimum absolute atomic E-state index is 0.231. The largest absolute Gasteiger partial charge is 0.454 e. The lowest BCUT2D eigenvalue weighted by atomic mass is 10.2. The lowest BCUT2D eigenvalue weighted by molar-refractivity contribution is 0.102. The maximum atomic E-state index is 12.1. The number of amides is 1. The lowest BCUT2D eigenvalue weighted by Crippen LogP contribution is -2.12. The molecule has 0 radical (unpaired) electrons. The van der Waals surface area contributed by atoms with E-state index in [-0.39, 0.29) is 12.7 Å². The Bertz CT molecular complexity index is 828. The Hall–Kier alpha value is -2.87. The van der Waals surface area contributed by atoms with E-state index in [9.17, 15) is 4.79 Å². The van der Waals surface area contributed by atoms with Crippen LogP contribution in [0.3, 0.4) is 0 Å². The molecule has 3 heterocycles. The van der Waals surface area contributed by atoms with Gasteiger partial charge in [0, 0.05) is 17.0 Å². The number of aromatic nitrogens is 3. The summed E-state index contributed by atoms with van der Waals surface area (Å²) in [6.07, 6.45) is 1.56. The highest BCUT2D eigenvalue weighted by Gasteiger charge is 2.17. The van der Waals surface area contributed by atoms with E-state index in [1.165, 1.54) is 11.3 Å². The highest BCUT2D eigenvalue weighted by Crippen LogP contribution is 2.36. The van der Waals surface area contributed by atoms with Crippen molar-refractivity contribution in [3.8, 4) is 22.1 Å². The number of rotatable bonds is 3. The first kappa shape index (κ1) is 12.8. The number of carbonyl (C=O) groups is 1. The van der Waals surface area contributed by atoms with Gasteiger partial charge in [-0.05, 0) is 18.2 Å². The van der Waals surface area contributed by atoms with E-state index in [1.54, 1.807) is 17.6 Å². The van der Waals surface area contributed by atoms with Crippen LogP contribution in [0.1, 0.15) is 10.5 Å². The van der Waals surface area contributed by atoms with Crippen molar-refractivity contribution >= 4 is 23.1 Å². The van der Waals surface area contributed by atoms with Gasteiger partial charge >= 0.3 is 0 Å². The van der Waals surface area contributed by atoms with E-state index in [0.29, 0.717) is 17.3 Å². The van der Waals surface area contributed by atoms with Gasteiger partial charge in [-0.25, -0.2) is 4.98 Å². The number of nitrogens with zero attached hydrogens (tertiary/aromatic N) is 2. The van der Waals surface area contributed by atoms with E-state index in [0.717, 1.165) is 16.3 Å². The minimum Gasteiger partial charge on any atom is -0.454 e. The predicted octanol–water partition coefficient (Wildman–Crippen LogP) is 2.51. The molecule has 1 amide bonds. The minimum atomic E-state index is -0.285. The summed E-state index contributed by atoms with van der Waals surface area (Å²) in [6.45, 7) is 0.231. The van der Waals surface area contributed by atoms with Crippen LogP contribution in [0.25, 0.3) is 10.6 Å². The molecule has 0 spiro atoms. The van der Waals surface area contributed by atoms with Crippen LogP contribution in [-0.2, 0) is 0 Å². The summed E-state index contributed by atoms with van der Waals surface area (Å²) in [5.74, 6) is 1.66. The first-order chi connectivity index (χ1) is 10.8. The number of anilines is 1. The number of aromatic amines is 1. The molecule has 4 rings (SSSR count). The fraction of sp³-hybridized carbons (Fsp3) is 0.0714. The van der Waals surface area contributed by atoms with E-state index in [2.05, 4.69) is 20.5 Å². The Kier molecular flexibility index (Phi) is 3.01. The average molecular weight is 314 g/mol. The quantitative estimate of drug-likeness (QED) is 0.775. The van der Waals surface area contributed by atoms with E-state index < -0.39 is 0 Å². The maximum absolute atomic E-state index is 12.1. The number of thiazole rings is 1. The predicted molar refractivity (Wildman–Crippen MR) is 80.2 cm³/mol. The number of nitrogens with one attached hydrogen (secondary N) is 2. The Labute approximate surface area is 128 Å². The van der Waals surface area contributed by atoms with E-state index in [1.807, 2.05) is 18.2 Å². The first-order valence-electron chi connectivity index (χ1n) is 6.46. The molecule has 0 atom stereocenters. The number of H-pyrrole nitrogens is 1. The van der Waals surface area contributed by atoms with Gasteiger partial charge in [0.05, 0.1) is 6.20 Å². The summed E-state index contributed by atoms with van der Waals surface area (Å²) in [4.78, 5) is 16.4. The van der Waals surface area contributed by atoms with Crippen LogP contribution in [-0.4, -0.2) is 27.9 Å². The maximum Gasteiger partial charge on any atom is 0.276 e. The van der Waals surface area contributed by atoms with Crippen LogP contribution in [0, 0.1) is 0 Å². The van der Waals surface area contributed by atoms with Crippen molar-refractivity contribution in [3.63, 3.8) is 0 Å². The molecule has 0 aliphatic carbocycles. The van der Waals surface area contributed by atoms with Crippen LogP contribution in [0.5, 0.6) is 11.5 Å². The Morgan fingerprint density at radius 3 is 3.05 bits per heavy atom. The summed E-state index contributed by atoms with van der Waals surface area (Å²) in [6, 6.07) is 7.26. The molecule has 8 heteroatoms. The molecule has 1 aliphatic heterocycles. The van der Waals surface area contributed by atoms with E-state index >= 15 is 0 Å². The van der Waals surface area contributed by atoms with Gasteiger partial charge in [0.25, 0.3) is 5.91 Å². The monoisotopic (exact) mass is 314 g/mol. The molecular formula is C14H10N4O3S. The Morgan fingerprint density at radius 1 is 1.27 bits per heavy atom. The number of hydrogen-bond donors (Lipinski definition) is 2. The molecule has 1 aliphatic rings. The third-order valence-electron chi connectivity index (χ3n) is 3.11. The first-order valence-corrected chi connectivity index (χ1v) is 7.34. The molecule has 0 saturated carbocycles. The number of carbonyl (C=O) groups excluding carboxylic acids is 1. The second kappa shape index (κ2) is 5.15. The molecule has 1 aromatic carbocycles. The van der Waals surface area contributed by atoms with Gasteiger partial charge in [0.15, 0.2) is 11.5 Å². The molecule has 0 fully saturated rings. The molecular weight excluding hydrogens is 304 g/mol. The van der Waals surface area contributed by atoms with Gasteiger partial charge < -0.3 is 14.8 Å². The summed E-state index contributed by atoms with van der Waals surface area (Å²) in [5, 5.41) is 11.6. The van der Waals surface area contributed by atoms with Crippen molar-refractivity contribution in [2.75, 3.05) is 12.1 Å². The molecule has 7 nitrogen and oxygen atoms in total. The highest BCUT2D eigenvalue weighted by atomic mass is 32.1. The van der Waals surface area contributed by atoms with Crippen LogP contribution in [0.4, 0.5) is 5.82 Å². The smallest absolute Gasteiger partial charge is 0.276 e. The third kappa shape index (κ3) is 2.29. The lowest BCUT2D eigenvalue weighted by Gasteiger charge is -2.00. The van der Waals surface area contributed by atoms with Gasteiger partial charge in [-0.3, -0.25) is 9.89 Å². The van der Waals surface area contributed by atoms with Crippen LogP contribution in [0.15, 0.2) is 35.8 Å². The summed E-state index contributed by atoms with van der Waals surface area (Å²) >= 11 is 1.39. The highest BCUT2D eigenvalue weighted by molar-refractivity contribution is 7.13. The molecule has 0 saturated heterocycles. The second-order valence-electron chi connectivity index (χ2n) is 4.53. The van der Waals surface area contributed by atoms with Crippen molar-refractivity contribution in [1.29, 1.82) is 0 Å². The average Bonchev–Trinajstić information content (AvgIpc) is 3.27. The third-order valence-corrected chi connectivity index (χ3v) is 4.00. The van der Waals surface area contributed by atoms with E-state index in [4.69, 9.17) is 9.47 Å². The van der Waals surface area contributed by atoms with Crippen molar-refractivity contribution in [3.05, 3.63) is 41.5 Å². The molecule has 110 valence electrons. The second-order valence-corrected chi connectivity index (χ2v) is 5.39. The molecule has 3 aromatic rings. The van der Waals surface area contributed by atoms with Crippen LogP contribution < -0.4 is 14.8 Å². The standard InChI is InChI=1S/C14H10N4O3S/c19-13(17-12-3-4-15-18-12)9-6-22-14(16-9)8-1-2-10-11(5-8)21-7-20-10/h1-6H,7H2,(H2,15,17,18,19). The van der Waals surface area contributed by atoms with Crippen molar-refractivity contribution in [2.24, 2.45) is 0 Å². The summed E-state index contributed by atoms with van der Waals surface area (Å²) < 4.78 is 10.6. The van der Waals surface area contributed by atoms with Crippen molar-refractivity contribution in [2.45, 2.75) is 0 Å². The van der Waals surface area contributed by atoms with Gasteiger partial charge in [0.1, 0.15) is 16.5 Å². The normalized spacial score (nSPS) is 12.4. The Balaban J connectivity index is 1.57. The zero-order chi connectivity index (χ0) is 14.9. The summed E-state index contributed by atoms with van der Waals surface area (Å²) in [5.41, 5.74) is 1.24. The fourth-order valence-corrected chi connectivity index (χ4v) is 2.85. The van der Waals surface area contributed by atoms with Crippen molar-refractivity contribution < 1.29 is 14.3 Å². The number of hydrogen-bond acceptors (Lipinski definition) is 6. The van der Waals surface area contributed by atoms with Gasteiger partial charge in [-0.2, -0.15) is 5.10 Å². The molecule has 2 N–H and O–H groups in total. The van der Waals surface area contributed by atoms with Gasteiger partial charge in [0.2, 0.25) is 6.79 Å². The number of benzene rings is 1. The van der Waals surface area contributed by atoms with Crippen LogP contribution >= 0.6 is 11.3 Å². The van der Waals surface area contributed by atoms with Gasteiger partial charge in [-0.1, -0.05) is 0 Å². The van der Waals surface area contributed by atoms with Crippen molar-refractivity contribution in [1.82, 2.24) is 15.2 Å². The number of fused-ring (bicyclic) bond motifs is 1.